The van der Waals surface area contributed by atoms with Crippen LogP contribution in [0.15, 0.2) is 48.5 Å². The highest BCUT2D eigenvalue weighted by Gasteiger charge is 2.12. The molecule has 0 saturated carbocycles. The average Bonchev–Trinajstić information content (AvgIpc) is 2.71. The van der Waals surface area contributed by atoms with E-state index in [1.54, 1.807) is 18.2 Å². The van der Waals surface area contributed by atoms with E-state index in [1.165, 1.54) is 7.11 Å². The highest BCUT2D eigenvalue weighted by atomic mass is 16.6. The molecule has 0 atom stereocenters. The van der Waals surface area contributed by atoms with Crippen molar-refractivity contribution in [3.05, 3.63) is 65.2 Å². The summed E-state index contributed by atoms with van der Waals surface area (Å²) in [5, 5.41) is 0. The fourth-order valence-corrected chi connectivity index (χ4v) is 2.43. The van der Waals surface area contributed by atoms with Gasteiger partial charge in [-0.2, -0.15) is 0 Å². The number of aryl methyl sites for hydroxylation is 1. The van der Waals surface area contributed by atoms with Gasteiger partial charge in [0.05, 0.1) is 7.11 Å². The van der Waals surface area contributed by atoms with E-state index in [2.05, 4.69) is 0 Å². The van der Waals surface area contributed by atoms with E-state index in [0.717, 1.165) is 17.5 Å². The zero-order valence-corrected chi connectivity index (χ0v) is 15.9. The van der Waals surface area contributed by atoms with Crippen LogP contribution < -0.4 is 9.47 Å². The summed E-state index contributed by atoms with van der Waals surface area (Å²) in [6.07, 6.45) is 4.75. The molecule has 0 aliphatic carbocycles. The molecule has 5 heteroatoms. The molecule has 0 spiro atoms. The first-order valence-corrected chi connectivity index (χ1v) is 8.78. The largest absolute Gasteiger partial charge is 0.493 e. The van der Waals surface area contributed by atoms with Crippen LogP contribution in [0, 0.1) is 0 Å². The van der Waals surface area contributed by atoms with Gasteiger partial charge in [0.15, 0.2) is 30.5 Å². The number of Topliss-reactive ketones (excluding diaryl/α,β-unsaturated/α-hetero) is 1. The van der Waals surface area contributed by atoms with Crippen LogP contribution in [-0.2, 0) is 16.0 Å². The van der Waals surface area contributed by atoms with Gasteiger partial charge in [0.2, 0.25) is 0 Å². The molecule has 0 saturated heterocycles. The maximum absolute atomic E-state index is 12.1. The maximum atomic E-state index is 12.1. The van der Waals surface area contributed by atoms with E-state index in [9.17, 15) is 9.59 Å². The van der Waals surface area contributed by atoms with Crippen LogP contribution in [0.1, 0.15) is 35.3 Å². The second-order valence-electron chi connectivity index (χ2n) is 5.83. The Kier molecular flexibility index (Phi) is 7.62. The number of rotatable bonds is 9. The Bertz CT molecular complexity index is 806. The third kappa shape index (κ3) is 5.99. The van der Waals surface area contributed by atoms with Gasteiger partial charge < -0.3 is 14.2 Å². The molecule has 0 heterocycles. The molecule has 0 aromatic heterocycles. The minimum absolute atomic E-state index is 0.251. The summed E-state index contributed by atoms with van der Waals surface area (Å²) in [5.74, 6) is 0.0853. The van der Waals surface area contributed by atoms with Crippen LogP contribution in [0.4, 0.5) is 0 Å². The first kappa shape index (κ1) is 20.2. The highest BCUT2D eigenvalue weighted by molar-refractivity contribution is 5.98. The second kappa shape index (κ2) is 10.2. The molecule has 0 amide bonds. The Hall–Kier alpha value is -3.08. The van der Waals surface area contributed by atoms with Crippen LogP contribution in [0.5, 0.6) is 11.5 Å². The van der Waals surface area contributed by atoms with Gasteiger partial charge in [-0.15, -0.1) is 0 Å². The number of hydrogen-bond acceptors (Lipinski definition) is 5. The lowest BCUT2D eigenvalue weighted by molar-refractivity contribution is -0.144. The maximum Gasteiger partial charge on any atom is 0.344 e. The number of ether oxygens (including phenoxy) is 3. The third-order valence-corrected chi connectivity index (χ3v) is 3.94. The van der Waals surface area contributed by atoms with E-state index in [1.807, 2.05) is 50.3 Å². The van der Waals surface area contributed by atoms with Crippen molar-refractivity contribution in [1.82, 2.24) is 0 Å². The van der Waals surface area contributed by atoms with Crippen LogP contribution in [0.25, 0.3) is 6.08 Å². The van der Waals surface area contributed by atoms with Gasteiger partial charge in [-0.1, -0.05) is 49.4 Å². The monoisotopic (exact) mass is 368 g/mol. The molecule has 2 aromatic carbocycles. The smallest absolute Gasteiger partial charge is 0.344 e. The fraction of sp³-hybridized carbons (Fsp3) is 0.273. The molecule has 142 valence electrons. The highest BCUT2D eigenvalue weighted by Crippen LogP contribution is 2.28. The number of carbonyl (C=O) groups is 2. The molecule has 2 aromatic rings. The van der Waals surface area contributed by atoms with Gasteiger partial charge in [0.25, 0.3) is 0 Å². The summed E-state index contributed by atoms with van der Waals surface area (Å²) in [6.45, 7) is 3.35. The average molecular weight is 368 g/mol. The molecule has 0 aliphatic heterocycles. The molecule has 0 aliphatic rings. The third-order valence-electron chi connectivity index (χ3n) is 3.94. The Labute approximate surface area is 159 Å². The van der Waals surface area contributed by atoms with Crippen LogP contribution in [0.3, 0.4) is 0 Å². The normalized spacial score (nSPS) is 10.6. The zero-order valence-electron chi connectivity index (χ0n) is 15.9. The predicted molar refractivity (Wildman–Crippen MR) is 104 cm³/mol. The van der Waals surface area contributed by atoms with Crippen molar-refractivity contribution in [2.45, 2.75) is 20.3 Å². The summed E-state index contributed by atoms with van der Waals surface area (Å²) in [5.41, 5.74) is 2.62. The fourth-order valence-electron chi connectivity index (χ4n) is 2.43. The van der Waals surface area contributed by atoms with Gasteiger partial charge in [0.1, 0.15) is 0 Å². The minimum Gasteiger partial charge on any atom is -0.493 e. The lowest BCUT2D eigenvalue weighted by Gasteiger charge is -2.11. The Morgan fingerprint density at radius 2 is 1.74 bits per heavy atom. The number of esters is 1. The summed E-state index contributed by atoms with van der Waals surface area (Å²) in [4.78, 5) is 23.9. The van der Waals surface area contributed by atoms with E-state index < -0.39 is 5.97 Å². The molecule has 0 N–H and O–H groups in total. The van der Waals surface area contributed by atoms with E-state index in [0.29, 0.717) is 17.1 Å². The summed E-state index contributed by atoms with van der Waals surface area (Å²) in [7, 11) is 1.53. The quantitative estimate of drug-likeness (QED) is 0.493. The van der Waals surface area contributed by atoms with Gasteiger partial charge >= 0.3 is 5.97 Å². The van der Waals surface area contributed by atoms with Crippen LogP contribution in [0.2, 0.25) is 0 Å². The van der Waals surface area contributed by atoms with Crippen molar-refractivity contribution in [1.29, 1.82) is 0 Å². The molecule has 27 heavy (non-hydrogen) atoms. The van der Waals surface area contributed by atoms with Crippen molar-refractivity contribution >= 4 is 17.8 Å². The Morgan fingerprint density at radius 3 is 2.37 bits per heavy atom. The number of methoxy groups -OCH3 is 1. The summed E-state index contributed by atoms with van der Waals surface area (Å²) < 4.78 is 15.7. The van der Waals surface area contributed by atoms with E-state index in [4.69, 9.17) is 14.2 Å². The van der Waals surface area contributed by atoms with Crippen molar-refractivity contribution in [2.24, 2.45) is 0 Å². The van der Waals surface area contributed by atoms with Gasteiger partial charge in [-0.3, -0.25) is 4.79 Å². The van der Waals surface area contributed by atoms with Crippen LogP contribution >= 0.6 is 0 Å². The predicted octanol–water partition coefficient (Wildman–Crippen LogP) is 4.10. The van der Waals surface area contributed by atoms with Crippen molar-refractivity contribution in [3.8, 4) is 11.5 Å². The molecule has 2 rings (SSSR count). The second-order valence-corrected chi connectivity index (χ2v) is 5.83. The molecule has 0 fully saturated rings. The Morgan fingerprint density at radius 1 is 1.00 bits per heavy atom. The SMILES string of the molecule is CC=Cc1ccc(OCC(=O)OCC(=O)c2ccc(CC)cc2)c(OC)c1. The number of carbonyl (C=O) groups excluding carboxylic acids is 2. The number of ketones is 1. The van der Waals surface area contributed by atoms with Crippen molar-refractivity contribution in [2.75, 3.05) is 20.3 Å². The van der Waals surface area contributed by atoms with Gasteiger partial charge in [-0.05, 0) is 36.6 Å². The van der Waals surface area contributed by atoms with E-state index in [-0.39, 0.29) is 19.0 Å². The molecule has 0 unspecified atom stereocenters. The summed E-state index contributed by atoms with van der Waals surface area (Å²) >= 11 is 0. The number of benzene rings is 2. The molecular weight excluding hydrogens is 344 g/mol. The Balaban J connectivity index is 1.86. The lowest BCUT2D eigenvalue weighted by Crippen LogP contribution is -2.19. The van der Waals surface area contributed by atoms with E-state index >= 15 is 0 Å². The first-order valence-electron chi connectivity index (χ1n) is 8.78. The van der Waals surface area contributed by atoms with Crippen molar-refractivity contribution in [3.63, 3.8) is 0 Å². The van der Waals surface area contributed by atoms with Gasteiger partial charge in [-0.25, -0.2) is 4.79 Å². The van der Waals surface area contributed by atoms with Crippen LogP contribution in [-0.4, -0.2) is 32.1 Å². The molecule has 5 nitrogen and oxygen atoms in total. The summed E-state index contributed by atoms with van der Waals surface area (Å²) in [6, 6.07) is 12.6. The minimum atomic E-state index is -0.617. The first-order chi connectivity index (χ1) is 13.1. The number of hydrogen-bond donors (Lipinski definition) is 0. The molecular formula is C22H24O5. The van der Waals surface area contributed by atoms with Crippen molar-refractivity contribution < 1.29 is 23.8 Å². The molecule has 0 radical (unpaired) electrons. The lowest BCUT2D eigenvalue weighted by atomic mass is 10.1. The van der Waals surface area contributed by atoms with Gasteiger partial charge in [0, 0.05) is 5.56 Å². The molecule has 0 bridgehead atoms. The topological polar surface area (TPSA) is 61.8 Å². The number of allylic oxidation sites excluding steroid dienone is 1. The standard InChI is InChI=1S/C22H24O5/c1-4-6-17-9-12-20(21(13-17)25-3)26-15-22(24)27-14-19(23)18-10-7-16(5-2)8-11-18/h4,6-13H,5,14-15H2,1-3H3. The zero-order chi connectivity index (χ0) is 19.6.